The predicted molar refractivity (Wildman–Crippen MR) is 109 cm³/mol. The lowest BCUT2D eigenvalue weighted by atomic mass is 10.2. The second-order valence-corrected chi connectivity index (χ2v) is 8.25. The molecule has 2 heterocycles. The number of nitrogens with zero attached hydrogens (tertiary/aromatic N) is 3. The van der Waals surface area contributed by atoms with Gasteiger partial charge in [0.1, 0.15) is 10.6 Å². The first kappa shape index (κ1) is 20.2. The smallest absolute Gasteiger partial charge is 0.407 e. The number of nitrogens with one attached hydrogen (secondary N) is 1. The van der Waals surface area contributed by atoms with Crippen LogP contribution in [0.4, 0.5) is 10.5 Å². The van der Waals surface area contributed by atoms with Crippen LogP contribution in [-0.2, 0) is 11.3 Å². The van der Waals surface area contributed by atoms with Crippen molar-refractivity contribution in [2.45, 2.75) is 45.4 Å². The molecule has 1 aromatic carbocycles. The van der Waals surface area contributed by atoms with Crippen molar-refractivity contribution in [2.75, 3.05) is 18.0 Å². The topological polar surface area (TPSA) is 76.5 Å². The molecule has 2 aromatic rings. The van der Waals surface area contributed by atoms with Crippen molar-refractivity contribution in [3.05, 3.63) is 57.5 Å². The van der Waals surface area contributed by atoms with Crippen LogP contribution < -0.4 is 15.8 Å². The molecule has 3 rings (SSSR count). The molecule has 1 aliphatic rings. The van der Waals surface area contributed by atoms with E-state index >= 15 is 0 Å². The van der Waals surface area contributed by atoms with Crippen LogP contribution in [0.5, 0.6) is 0 Å². The van der Waals surface area contributed by atoms with E-state index < -0.39 is 11.7 Å². The molecule has 0 bridgehead atoms. The summed E-state index contributed by atoms with van der Waals surface area (Å²) in [6, 6.07) is 9.55. The van der Waals surface area contributed by atoms with Gasteiger partial charge >= 0.3 is 6.09 Å². The van der Waals surface area contributed by atoms with Gasteiger partial charge in [-0.3, -0.25) is 4.79 Å². The second-order valence-electron chi connectivity index (χ2n) is 7.87. The van der Waals surface area contributed by atoms with Gasteiger partial charge < -0.3 is 15.0 Å². The van der Waals surface area contributed by atoms with Crippen LogP contribution in [0.1, 0.15) is 32.8 Å². The van der Waals surface area contributed by atoms with Crippen LogP contribution in [-0.4, -0.2) is 40.6 Å². The van der Waals surface area contributed by atoms with Gasteiger partial charge in [-0.2, -0.15) is 5.10 Å². The Morgan fingerprint density at radius 1 is 1.32 bits per heavy atom. The van der Waals surface area contributed by atoms with E-state index in [9.17, 15) is 9.59 Å². The lowest BCUT2D eigenvalue weighted by Gasteiger charge is -2.22. The fourth-order valence-electron chi connectivity index (χ4n) is 3.12. The molecule has 1 aromatic heterocycles. The summed E-state index contributed by atoms with van der Waals surface area (Å²) < 4.78 is 6.65. The van der Waals surface area contributed by atoms with Crippen molar-refractivity contribution < 1.29 is 9.53 Å². The Hall–Kier alpha value is -2.54. The zero-order valence-electron chi connectivity index (χ0n) is 16.3. The molecule has 0 saturated carbocycles. The van der Waals surface area contributed by atoms with Gasteiger partial charge in [0.2, 0.25) is 0 Å². The number of benzene rings is 1. The van der Waals surface area contributed by atoms with Gasteiger partial charge in [-0.15, -0.1) is 0 Å². The summed E-state index contributed by atoms with van der Waals surface area (Å²) >= 11 is 6.36. The maximum Gasteiger partial charge on any atom is 0.407 e. The lowest BCUT2D eigenvalue weighted by Crippen LogP contribution is -2.40. The number of hydrogen-bond donors (Lipinski definition) is 1. The quantitative estimate of drug-likeness (QED) is 0.847. The third kappa shape index (κ3) is 5.04. The summed E-state index contributed by atoms with van der Waals surface area (Å²) in [6.45, 7) is 7.05. The highest BCUT2D eigenvalue weighted by Crippen LogP contribution is 2.25. The summed E-state index contributed by atoms with van der Waals surface area (Å²) in [5.74, 6) is 0. The van der Waals surface area contributed by atoms with E-state index in [4.69, 9.17) is 16.3 Å². The molecule has 1 N–H and O–H groups in total. The molecule has 1 fully saturated rings. The first-order valence-electron chi connectivity index (χ1n) is 9.27. The minimum absolute atomic E-state index is 0.0716. The number of ether oxygens (including phenoxy) is 1. The normalized spacial score (nSPS) is 16.9. The molecule has 1 aliphatic heterocycles. The maximum absolute atomic E-state index is 12.6. The maximum atomic E-state index is 12.6. The predicted octanol–water partition coefficient (Wildman–Crippen LogP) is 3.05. The Morgan fingerprint density at radius 2 is 2.04 bits per heavy atom. The van der Waals surface area contributed by atoms with Crippen molar-refractivity contribution >= 4 is 23.4 Å². The third-order valence-electron chi connectivity index (χ3n) is 4.39. The summed E-state index contributed by atoms with van der Waals surface area (Å²) in [4.78, 5) is 26.5. The molecule has 28 heavy (non-hydrogen) atoms. The van der Waals surface area contributed by atoms with E-state index in [1.807, 2.05) is 56.0 Å². The molecule has 0 spiro atoms. The van der Waals surface area contributed by atoms with Crippen molar-refractivity contribution in [3.8, 4) is 0 Å². The number of alkyl carbamates (subject to hydrolysis) is 1. The number of hydrogen-bond acceptors (Lipinski definition) is 5. The van der Waals surface area contributed by atoms with Gasteiger partial charge in [-0.05, 0) is 32.8 Å². The summed E-state index contributed by atoms with van der Waals surface area (Å²) in [5, 5.41) is 7.29. The average molecular weight is 405 g/mol. The molecular weight excluding hydrogens is 380 g/mol. The molecule has 0 aliphatic carbocycles. The Kier molecular flexibility index (Phi) is 5.93. The second kappa shape index (κ2) is 8.22. The molecule has 7 nitrogen and oxygen atoms in total. The number of carbonyl (C=O) groups excluding carboxylic acids is 1. The van der Waals surface area contributed by atoms with Crippen LogP contribution in [0.25, 0.3) is 0 Å². The molecular formula is C20H25ClN4O3. The van der Waals surface area contributed by atoms with Crippen molar-refractivity contribution in [2.24, 2.45) is 0 Å². The van der Waals surface area contributed by atoms with Crippen LogP contribution in [0.15, 0.2) is 41.3 Å². The number of anilines is 1. The van der Waals surface area contributed by atoms with Crippen molar-refractivity contribution in [1.29, 1.82) is 0 Å². The minimum atomic E-state index is -0.543. The molecule has 1 amide bonds. The number of amides is 1. The number of halogens is 1. The van der Waals surface area contributed by atoms with E-state index in [1.54, 1.807) is 6.20 Å². The number of rotatable bonds is 4. The van der Waals surface area contributed by atoms with Gasteiger partial charge in [-0.25, -0.2) is 9.48 Å². The van der Waals surface area contributed by atoms with Gasteiger partial charge in [0.05, 0.1) is 24.5 Å². The van der Waals surface area contributed by atoms with Crippen LogP contribution in [0.2, 0.25) is 5.02 Å². The van der Waals surface area contributed by atoms with Gasteiger partial charge in [-0.1, -0.05) is 41.9 Å². The first-order valence-corrected chi connectivity index (χ1v) is 9.65. The van der Waals surface area contributed by atoms with Crippen LogP contribution in [0.3, 0.4) is 0 Å². The highest BCUT2D eigenvalue weighted by molar-refractivity contribution is 6.33. The van der Waals surface area contributed by atoms with Gasteiger partial charge in [0.15, 0.2) is 0 Å². The fourth-order valence-corrected chi connectivity index (χ4v) is 3.38. The number of carbonyl (C=O) groups is 1. The van der Waals surface area contributed by atoms with Crippen molar-refractivity contribution in [3.63, 3.8) is 0 Å². The molecule has 150 valence electrons. The zero-order valence-corrected chi connectivity index (χ0v) is 17.1. The molecule has 0 radical (unpaired) electrons. The Morgan fingerprint density at radius 3 is 2.71 bits per heavy atom. The monoisotopic (exact) mass is 404 g/mol. The summed E-state index contributed by atoms with van der Waals surface area (Å²) in [5.41, 5.74) is 0.693. The van der Waals surface area contributed by atoms with Gasteiger partial charge in [0, 0.05) is 13.1 Å². The van der Waals surface area contributed by atoms with E-state index in [2.05, 4.69) is 10.4 Å². The van der Waals surface area contributed by atoms with Gasteiger partial charge in [0.25, 0.3) is 5.56 Å². The summed E-state index contributed by atoms with van der Waals surface area (Å²) in [6.07, 6.45) is 1.91. The first-order chi connectivity index (χ1) is 13.2. The highest BCUT2D eigenvalue weighted by atomic mass is 35.5. The van der Waals surface area contributed by atoms with E-state index in [0.717, 1.165) is 12.0 Å². The average Bonchev–Trinajstić information content (AvgIpc) is 3.06. The van der Waals surface area contributed by atoms with Crippen LogP contribution in [0, 0.1) is 0 Å². The lowest BCUT2D eigenvalue weighted by molar-refractivity contribution is 0.0509. The molecule has 8 heteroatoms. The zero-order chi connectivity index (χ0) is 20.3. The molecule has 0 unspecified atom stereocenters. The Balaban J connectivity index is 1.67. The van der Waals surface area contributed by atoms with E-state index in [-0.39, 0.29) is 16.6 Å². The Bertz CT molecular complexity index is 893. The fraction of sp³-hybridized carbons (Fsp3) is 0.450. The van der Waals surface area contributed by atoms with E-state index in [1.165, 1.54) is 4.68 Å². The third-order valence-corrected chi connectivity index (χ3v) is 4.75. The molecule has 1 saturated heterocycles. The van der Waals surface area contributed by atoms with Crippen molar-refractivity contribution in [1.82, 2.24) is 15.1 Å². The minimum Gasteiger partial charge on any atom is -0.444 e. The van der Waals surface area contributed by atoms with E-state index in [0.29, 0.717) is 25.3 Å². The molecule has 1 atom stereocenters. The number of aromatic nitrogens is 2. The SMILES string of the molecule is CC(C)(C)OC(=O)N[C@H]1CCN(c2cnn(Cc3ccccc3)c(=O)c2Cl)C1. The van der Waals surface area contributed by atoms with Crippen LogP contribution >= 0.6 is 11.6 Å². The standard InChI is InChI=1S/C20H25ClN4O3/c1-20(2,3)28-19(27)23-15-9-10-24(13-15)16-11-22-25(18(26)17(16)21)12-14-7-5-4-6-8-14/h4-8,11,15H,9-10,12-13H2,1-3H3,(H,23,27)/t15-/m0/s1. The summed E-state index contributed by atoms with van der Waals surface area (Å²) in [7, 11) is 0. The largest absolute Gasteiger partial charge is 0.444 e. The Labute approximate surface area is 169 Å². The highest BCUT2D eigenvalue weighted by Gasteiger charge is 2.28.